The lowest BCUT2D eigenvalue weighted by molar-refractivity contribution is -0.384. The van der Waals surface area contributed by atoms with Gasteiger partial charge in [-0.25, -0.2) is 17.8 Å². The molecule has 9 nitrogen and oxygen atoms in total. The molecular weight excluding hydrogens is 512 g/mol. The molecule has 3 aromatic carbocycles. The maximum Gasteiger partial charge on any atom is 0.275 e. The summed E-state index contributed by atoms with van der Waals surface area (Å²) in [4.78, 5) is 23.5. The van der Waals surface area contributed by atoms with E-state index in [4.69, 9.17) is 0 Å². The fraction of sp³-hybridized carbons (Fsp3) is 0. The van der Waals surface area contributed by atoms with Crippen molar-refractivity contribution in [3.05, 3.63) is 117 Å². The van der Waals surface area contributed by atoms with Crippen LogP contribution >= 0.6 is 11.3 Å². The van der Waals surface area contributed by atoms with Crippen molar-refractivity contribution in [2.75, 3.05) is 0 Å². The molecule has 0 aliphatic rings. The fourth-order valence-corrected chi connectivity index (χ4v) is 5.84. The first-order valence-electron chi connectivity index (χ1n) is 10.9. The average molecular weight is 531 g/mol. The van der Waals surface area contributed by atoms with Gasteiger partial charge in [0.25, 0.3) is 21.6 Å². The molecule has 37 heavy (non-hydrogen) atoms. The van der Waals surface area contributed by atoms with Gasteiger partial charge >= 0.3 is 0 Å². The van der Waals surface area contributed by atoms with Crippen molar-refractivity contribution in [3.63, 3.8) is 0 Å². The third kappa shape index (κ3) is 4.77. The molecule has 1 N–H and O–H groups in total. The predicted molar refractivity (Wildman–Crippen MR) is 140 cm³/mol. The number of nitro groups is 1. The second-order valence-electron chi connectivity index (χ2n) is 7.86. The number of hydrogen-bond acceptors (Lipinski definition) is 7. The van der Waals surface area contributed by atoms with E-state index in [1.807, 2.05) is 6.07 Å². The van der Waals surface area contributed by atoms with Gasteiger partial charge in [-0.3, -0.25) is 14.9 Å². The van der Waals surface area contributed by atoms with Gasteiger partial charge in [-0.1, -0.05) is 54.6 Å². The Morgan fingerprint density at radius 2 is 1.51 bits per heavy atom. The normalized spacial score (nSPS) is 11.2. The zero-order valence-corrected chi connectivity index (χ0v) is 20.6. The second-order valence-corrected chi connectivity index (χ2v) is 10.4. The van der Waals surface area contributed by atoms with Crippen LogP contribution < -0.4 is 4.72 Å². The number of rotatable bonds is 7. The number of hydrogen-bond donors (Lipinski definition) is 1. The van der Waals surface area contributed by atoms with E-state index in [2.05, 4.69) is 9.82 Å². The SMILES string of the molecule is O=C(NS(=O)(=O)c1c(-c2ccccc2)nn(-c2ccccc2)c1-c1ccc([N+](=O)[O-])cc1)c1cccs1. The zero-order chi connectivity index (χ0) is 26.0. The highest BCUT2D eigenvalue weighted by Crippen LogP contribution is 2.38. The minimum atomic E-state index is -4.47. The van der Waals surface area contributed by atoms with E-state index in [9.17, 15) is 23.3 Å². The Morgan fingerprint density at radius 3 is 2.11 bits per heavy atom. The van der Waals surface area contributed by atoms with Crippen LogP contribution in [0, 0.1) is 10.1 Å². The van der Waals surface area contributed by atoms with Crippen molar-refractivity contribution < 1.29 is 18.1 Å². The number of aromatic nitrogens is 2. The van der Waals surface area contributed by atoms with Gasteiger partial charge in [-0.15, -0.1) is 11.3 Å². The summed E-state index contributed by atoms with van der Waals surface area (Å²) in [5.74, 6) is -0.767. The molecule has 0 aliphatic heterocycles. The largest absolute Gasteiger partial charge is 0.275 e. The van der Waals surface area contributed by atoms with Gasteiger partial charge < -0.3 is 0 Å². The molecule has 5 aromatic rings. The van der Waals surface area contributed by atoms with Gasteiger partial charge in [0, 0.05) is 23.3 Å². The number of para-hydroxylation sites is 1. The van der Waals surface area contributed by atoms with Gasteiger partial charge in [0.2, 0.25) is 0 Å². The monoisotopic (exact) mass is 530 g/mol. The van der Waals surface area contributed by atoms with E-state index in [1.165, 1.54) is 35.0 Å². The molecule has 1 amide bonds. The maximum atomic E-state index is 13.9. The van der Waals surface area contributed by atoms with Crippen molar-refractivity contribution in [3.8, 4) is 28.2 Å². The smallest absolute Gasteiger partial charge is 0.267 e. The molecule has 0 radical (unpaired) electrons. The fourth-order valence-electron chi connectivity index (χ4n) is 3.82. The molecule has 184 valence electrons. The molecule has 0 saturated heterocycles. The topological polar surface area (TPSA) is 124 Å². The van der Waals surface area contributed by atoms with Gasteiger partial charge in [0.1, 0.15) is 10.6 Å². The van der Waals surface area contributed by atoms with E-state index in [1.54, 1.807) is 66.0 Å². The summed E-state index contributed by atoms with van der Waals surface area (Å²) in [5.41, 5.74) is 1.60. The van der Waals surface area contributed by atoms with Crippen LogP contribution in [0.3, 0.4) is 0 Å². The molecule has 11 heteroatoms. The predicted octanol–water partition coefficient (Wildman–Crippen LogP) is 5.29. The summed E-state index contributed by atoms with van der Waals surface area (Å²) in [6.07, 6.45) is 0. The van der Waals surface area contributed by atoms with Crippen LogP contribution in [0.4, 0.5) is 5.69 Å². The number of carbonyl (C=O) groups is 1. The molecule has 0 atom stereocenters. The first-order chi connectivity index (χ1) is 17.8. The Kier molecular flexibility index (Phi) is 6.38. The lowest BCUT2D eigenvalue weighted by Gasteiger charge is -2.12. The van der Waals surface area contributed by atoms with Crippen LogP contribution in [-0.2, 0) is 10.0 Å². The molecule has 0 spiro atoms. The molecule has 2 heterocycles. The van der Waals surface area contributed by atoms with Crippen molar-refractivity contribution in [1.29, 1.82) is 0 Å². The minimum Gasteiger partial charge on any atom is -0.267 e. The molecule has 2 aromatic heterocycles. The van der Waals surface area contributed by atoms with Crippen LogP contribution in [0.15, 0.2) is 107 Å². The van der Waals surface area contributed by atoms with Crippen molar-refractivity contribution in [2.24, 2.45) is 0 Å². The number of nitrogens with zero attached hydrogens (tertiary/aromatic N) is 3. The van der Waals surface area contributed by atoms with Crippen LogP contribution in [0.25, 0.3) is 28.2 Å². The average Bonchev–Trinajstić information content (AvgIpc) is 3.59. The van der Waals surface area contributed by atoms with Crippen molar-refractivity contribution in [1.82, 2.24) is 14.5 Å². The van der Waals surface area contributed by atoms with Crippen LogP contribution in [0.1, 0.15) is 9.67 Å². The Balaban J connectivity index is 1.79. The minimum absolute atomic E-state index is 0.129. The lowest BCUT2D eigenvalue weighted by atomic mass is 10.1. The highest BCUT2D eigenvalue weighted by Gasteiger charge is 2.33. The molecule has 5 rings (SSSR count). The van der Waals surface area contributed by atoms with Crippen molar-refractivity contribution in [2.45, 2.75) is 4.90 Å². The van der Waals surface area contributed by atoms with E-state index < -0.39 is 20.9 Å². The Labute approximate surface area is 215 Å². The van der Waals surface area contributed by atoms with E-state index >= 15 is 0 Å². The zero-order valence-electron chi connectivity index (χ0n) is 19.0. The third-order valence-corrected chi connectivity index (χ3v) is 7.73. The number of benzene rings is 3. The van der Waals surface area contributed by atoms with Crippen LogP contribution in [0.2, 0.25) is 0 Å². The summed E-state index contributed by atoms with van der Waals surface area (Å²) in [5, 5.41) is 17.6. The van der Waals surface area contributed by atoms with Gasteiger partial charge in [0.15, 0.2) is 0 Å². The molecule has 0 fully saturated rings. The standard InChI is InChI=1S/C26H18N4O5S2/c31-26(22-12-7-17-36-22)28-37(34,35)25-23(18-8-3-1-4-9-18)27-29(20-10-5-2-6-11-20)24(25)19-13-15-21(16-14-19)30(32)33/h1-17H,(H,28,31). The van der Waals surface area contributed by atoms with Gasteiger partial charge in [0.05, 0.1) is 21.2 Å². The highest BCUT2D eigenvalue weighted by atomic mass is 32.2. The first-order valence-corrected chi connectivity index (χ1v) is 13.3. The number of sulfonamides is 1. The summed E-state index contributed by atoms with van der Waals surface area (Å²) in [6, 6.07) is 26.3. The van der Waals surface area contributed by atoms with Crippen molar-refractivity contribution >= 4 is 33.0 Å². The number of carbonyl (C=O) groups excluding carboxylic acids is 1. The molecule has 0 aliphatic carbocycles. The third-order valence-electron chi connectivity index (χ3n) is 5.48. The molecule has 0 bridgehead atoms. The summed E-state index contributed by atoms with van der Waals surface area (Å²) < 4.78 is 31.4. The van der Waals surface area contributed by atoms with Gasteiger partial charge in [-0.2, -0.15) is 5.10 Å². The maximum absolute atomic E-state index is 13.9. The van der Waals surface area contributed by atoms with Crippen LogP contribution in [0.5, 0.6) is 0 Å². The summed E-state index contributed by atoms with van der Waals surface area (Å²) in [6.45, 7) is 0. The summed E-state index contributed by atoms with van der Waals surface area (Å²) >= 11 is 1.11. The molecular formula is C26H18N4O5S2. The number of amides is 1. The van der Waals surface area contributed by atoms with Crippen LogP contribution in [-0.4, -0.2) is 29.0 Å². The quantitative estimate of drug-likeness (QED) is 0.225. The number of thiophene rings is 1. The van der Waals surface area contributed by atoms with E-state index in [0.29, 0.717) is 16.8 Å². The Hall–Kier alpha value is -4.61. The Bertz CT molecular complexity index is 1680. The summed E-state index contributed by atoms with van der Waals surface area (Å²) in [7, 11) is -4.47. The van der Waals surface area contributed by atoms with Gasteiger partial charge in [-0.05, 0) is 35.7 Å². The Morgan fingerprint density at radius 1 is 0.865 bits per heavy atom. The molecule has 0 unspecified atom stereocenters. The van der Waals surface area contributed by atoms with E-state index in [0.717, 1.165) is 11.3 Å². The number of non-ortho nitro benzene ring substituents is 1. The number of nitrogens with one attached hydrogen (secondary N) is 1. The number of nitro benzene ring substituents is 1. The second kappa shape index (κ2) is 9.80. The first kappa shape index (κ1) is 24.1. The molecule has 0 saturated carbocycles. The highest BCUT2D eigenvalue weighted by molar-refractivity contribution is 7.90. The lowest BCUT2D eigenvalue weighted by Crippen LogP contribution is -2.30. The van der Waals surface area contributed by atoms with E-state index in [-0.39, 0.29) is 26.8 Å².